The van der Waals surface area contributed by atoms with Crippen molar-refractivity contribution in [2.45, 2.75) is 39.7 Å². The summed E-state index contributed by atoms with van der Waals surface area (Å²) in [5.74, 6) is 0. The van der Waals surface area contributed by atoms with E-state index in [0.717, 1.165) is 19.5 Å². The zero-order valence-electron chi connectivity index (χ0n) is 12.1. The van der Waals surface area contributed by atoms with E-state index in [1.807, 2.05) is 11.7 Å². The van der Waals surface area contributed by atoms with Gasteiger partial charge in [0.2, 0.25) is 0 Å². The molecular formula is C14H26N4. The minimum atomic E-state index is 0.329. The van der Waals surface area contributed by atoms with Crippen LogP contribution >= 0.6 is 0 Å². The van der Waals surface area contributed by atoms with Crippen LogP contribution in [0, 0.1) is 5.41 Å². The molecule has 1 fully saturated rings. The molecule has 1 atom stereocenters. The lowest BCUT2D eigenvalue weighted by atomic mass is 9.93. The third kappa shape index (κ3) is 2.59. The van der Waals surface area contributed by atoms with Crippen molar-refractivity contribution in [1.82, 2.24) is 14.7 Å². The fourth-order valence-corrected chi connectivity index (χ4v) is 3.00. The molecule has 4 heteroatoms. The van der Waals surface area contributed by atoms with Gasteiger partial charge < -0.3 is 5.73 Å². The fraction of sp³-hybridized carbons (Fsp3) is 0.786. The van der Waals surface area contributed by atoms with Crippen molar-refractivity contribution in [3.8, 4) is 0 Å². The van der Waals surface area contributed by atoms with Crippen molar-refractivity contribution < 1.29 is 0 Å². The number of rotatable bonds is 4. The second-order valence-electron chi connectivity index (χ2n) is 6.19. The summed E-state index contributed by atoms with van der Waals surface area (Å²) in [6.07, 6.45) is 4.37. The molecule has 2 rings (SSSR count). The number of nitrogens with zero attached hydrogens (tertiary/aromatic N) is 3. The average molecular weight is 250 g/mol. The smallest absolute Gasteiger partial charge is 0.0670 e. The summed E-state index contributed by atoms with van der Waals surface area (Å²) in [4.78, 5) is 2.52. The molecule has 0 saturated carbocycles. The Morgan fingerprint density at radius 3 is 2.72 bits per heavy atom. The summed E-state index contributed by atoms with van der Waals surface area (Å²) in [7, 11) is 1.99. The molecule has 4 nitrogen and oxygen atoms in total. The first kappa shape index (κ1) is 13.6. The molecule has 0 aliphatic carbocycles. The van der Waals surface area contributed by atoms with Gasteiger partial charge >= 0.3 is 0 Å². The molecule has 0 aromatic carbocycles. The van der Waals surface area contributed by atoms with Crippen LogP contribution in [0.4, 0.5) is 0 Å². The Morgan fingerprint density at radius 2 is 2.22 bits per heavy atom. The summed E-state index contributed by atoms with van der Waals surface area (Å²) in [5, 5.41) is 4.54. The molecule has 1 saturated heterocycles. The van der Waals surface area contributed by atoms with Gasteiger partial charge in [-0.25, -0.2) is 0 Å². The van der Waals surface area contributed by atoms with E-state index in [4.69, 9.17) is 5.73 Å². The SMILES string of the molecule is CCc1nn(C)cc1C(CN)N1CCC(C)(C)C1. The Balaban J connectivity index is 2.23. The number of aryl methyl sites for hydroxylation is 2. The predicted octanol–water partition coefficient (Wildman–Crippen LogP) is 1.71. The molecule has 2 N–H and O–H groups in total. The van der Waals surface area contributed by atoms with Gasteiger partial charge in [0.05, 0.1) is 11.7 Å². The fourth-order valence-electron chi connectivity index (χ4n) is 3.00. The Bertz CT molecular complexity index is 408. The molecule has 1 aliphatic heterocycles. The van der Waals surface area contributed by atoms with Crippen LogP contribution in [0.3, 0.4) is 0 Å². The molecule has 1 aromatic rings. The lowest BCUT2D eigenvalue weighted by Crippen LogP contribution is -2.33. The summed E-state index contributed by atoms with van der Waals surface area (Å²) >= 11 is 0. The molecular weight excluding hydrogens is 224 g/mol. The quantitative estimate of drug-likeness (QED) is 0.885. The normalized spacial score (nSPS) is 21.4. The first-order chi connectivity index (χ1) is 8.46. The van der Waals surface area contributed by atoms with Gasteiger partial charge in [0.15, 0.2) is 0 Å². The van der Waals surface area contributed by atoms with Gasteiger partial charge in [0.25, 0.3) is 0 Å². The first-order valence-corrected chi connectivity index (χ1v) is 6.93. The highest BCUT2D eigenvalue weighted by molar-refractivity contribution is 5.22. The van der Waals surface area contributed by atoms with E-state index >= 15 is 0 Å². The maximum atomic E-state index is 6.03. The van der Waals surface area contributed by atoms with Crippen LogP contribution in [0.5, 0.6) is 0 Å². The highest BCUT2D eigenvalue weighted by Gasteiger charge is 2.34. The average Bonchev–Trinajstić information content (AvgIpc) is 2.83. The van der Waals surface area contributed by atoms with Gasteiger partial charge in [-0.2, -0.15) is 5.10 Å². The van der Waals surface area contributed by atoms with Crippen molar-refractivity contribution in [2.24, 2.45) is 18.2 Å². The lowest BCUT2D eigenvalue weighted by molar-refractivity contribution is 0.222. The van der Waals surface area contributed by atoms with E-state index in [0.29, 0.717) is 18.0 Å². The predicted molar refractivity (Wildman–Crippen MR) is 74.4 cm³/mol. The Hall–Kier alpha value is -0.870. The van der Waals surface area contributed by atoms with Crippen LogP contribution in [0.1, 0.15) is 44.5 Å². The Morgan fingerprint density at radius 1 is 1.50 bits per heavy atom. The van der Waals surface area contributed by atoms with Crippen LogP contribution < -0.4 is 5.73 Å². The number of hydrogen-bond acceptors (Lipinski definition) is 3. The number of likely N-dealkylation sites (tertiary alicyclic amines) is 1. The zero-order chi connectivity index (χ0) is 13.3. The maximum absolute atomic E-state index is 6.03. The molecule has 102 valence electrons. The topological polar surface area (TPSA) is 47.1 Å². The number of nitrogens with two attached hydrogens (primary N) is 1. The summed E-state index contributed by atoms with van der Waals surface area (Å²) in [6, 6.07) is 0.329. The van der Waals surface area contributed by atoms with E-state index in [1.54, 1.807) is 0 Å². The van der Waals surface area contributed by atoms with Crippen LogP contribution in [0.25, 0.3) is 0 Å². The highest BCUT2D eigenvalue weighted by atomic mass is 15.3. The van der Waals surface area contributed by atoms with Gasteiger partial charge in [-0.1, -0.05) is 20.8 Å². The molecule has 0 amide bonds. The highest BCUT2D eigenvalue weighted by Crippen LogP contribution is 2.35. The molecule has 1 aromatic heterocycles. The minimum Gasteiger partial charge on any atom is -0.329 e. The van der Waals surface area contributed by atoms with Crippen LogP contribution in [-0.4, -0.2) is 34.3 Å². The summed E-state index contributed by atoms with van der Waals surface area (Å²) in [6.45, 7) is 9.79. The third-order valence-electron chi connectivity index (χ3n) is 4.00. The molecule has 0 radical (unpaired) electrons. The monoisotopic (exact) mass is 250 g/mol. The largest absolute Gasteiger partial charge is 0.329 e. The van der Waals surface area contributed by atoms with E-state index in [9.17, 15) is 0 Å². The lowest BCUT2D eigenvalue weighted by Gasteiger charge is -2.28. The molecule has 0 bridgehead atoms. The molecule has 0 spiro atoms. The van der Waals surface area contributed by atoms with Crippen molar-refractivity contribution in [1.29, 1.82) is 0 Å². The number of aromatic nitrogens is 2. The van der Waals surface area contributed by atoms with Crippen LogP contribution in [0.2, 0.25) is 0 Å². The minimum absolute atomic E-state index is 0.329. The van der Waals surface area contributed by atoms with Crippen molar-refractivity contribution in [2.75, 3.05) is 19.6 Å². The Labute approximate surface area is 110 Å². The van der Waals surface area contributed by atoms with Crippen molar-refractivity contribution in [3.63, 3.8) is 0 Å². The molecule has 18 heavy (non-hydrogen) atoms. The summed E-state index contributed by atoms with van der Waals surface area (Å²) in [5.41, 5.74) is 8.96. The van der Waals surface area contributed by atoms with Gasteiger partial charge in [-0.15, -0.1) is 0 Å². The van der Waals surface area contributed by atoms with Crippen molar-refractivity contribution in [3.05, 3.63) is 17.5 Å². The van der Waals surface area contributed by atoms with Gasteiger partial charge in [0.1, 0.15) is 0 Å². The van der Waals surface area contributed by atoms with E-state index < -0.39 is 0 Å². The second kappa shape index (κ2) is 5.02. The van der Waals surface area contributed by atoms with Crippen molar-refractivity contribution >= 4 is 0 Å². The van der Waals surface area contributed by atoms with E-state index in [2.05, 4.69) is 37.0 Å². The summed E-state index contributed by atoms with van der Waals surface area (Å²) < 4.78 is 1.91. The van der Waals surface area contributed by atoms with E-state index in [1.165, 1.54) is 17.7 Å². The van der Waals surface area contributed by atoms with E-state index in [-0.39, 0.29) is 0 Å². The Kier molecular flexibility index (Phi) is 3.78. The molecule has 1 unspecified atom stereocenters. The second-order valence-corrected chi connectivity index (χ2v) is 6.19. The number of hydrogen-bond donors (Lipinski definition) is 1. The molecule has 1 aliphatic rings. The zero-order valence-corrected chi connectivity index (χ0v) is 12.1. The third-order valence-corrected chi connectivity index (χ3v) is 4.00. The first-order valence-electron chi connectivity index (χ1n) is 6.93. The standard InChI is InChI=1S/C14H26N4/c1-5-12-11(9-17(4)16-12)13(8-15)18-7-6-14(2,3)10-18/h9,13H,5-8,10,15H2,1-4H3. The van der Waals surface area contributed by atoms with Crippen LogP contribution in [0.15, 0.2) is 6.20 Å². The van der Waals surface area contributed by atoms with Gasteiger partial charge in [-0.3, -0.25) is 9.58 Å². The van der Waals surface area contributed by atoms with Gasteiger partial charge in [-0.05, 0) is 24.8 Å². The molecule has 2 heterocycles. The van der Waals surface area contributed by atoms with Crippen LogP contribution in [-0.2, 0) is 13.5 Å². The van der Waals surface area contributed by atoms with Gasteiger partial charge in [0, 0.05) is 31.9 Å². The maximum Gasteiger partial charge on any atom is 0.0670 e.